The Kier molecular flexibility index (Phi) is 3.28. The van der Waals surface area contributed by atoms with Gasteiger partial charge in [0.05, 0.1) is 0 Å². The average molecular weight is 228 g/mol. The largest absolute Gasteiger partial charge is 0.361 e. The lowest BCUT2D eigenvalue weighted by molar-refractivity contribution is -0.116. The number of nitrogens with one attached hydrogen (secondary N) is 2. The topological polar surface area (TPSA) is 44.9 Å². The first-order valence-electron chi connectivity index (χ1n) is 5.71. The molecule has 17 heavy (non-hydrogen) atoms. The minimum absolute atomic E-state index is 0.0646. The van der Waals surface area contributed by atoms with E-state index in [1.54, 1.807) is 6.08 Å². The van der Waals surface area contributed by atoms with Crippen molar-refractivity contribution in [3.8, 4) is 0 Å². The lowest BCUT2D eigenvalue weighted by Gasteiger charge is -2.03. The van der Waals surface area contributed by atoms with Gasteiger partial charge in [-0.2, -0.15) is 0 Å². The quantitative estimate of drug-likeness (QED) is 0.779. The van der Waals surface area contributed by atoms with Crippen molar-refractivity contribution in [3.63, 3.8) is 0 Å². The first-order chi connectivity index (χ1) is 8.16. The molecular formula is C14H16N2O. The van der Waals surface area contributed by atoms with Gasteiger partial charge in [0.15, 0.2) is 0 Å². The van der Waals surface area contributed by atoms with Crippen molar-refractivity contribution in [3.05, 3.63) is 42.1 Å². The second-order valence-electron chi connectivity index (χ2n) is 4.29. The van der Waals surface area contributed by atoms with E-state index < -0.39 is 0 Å². The summed E-state index contributed by atoms with van der Waals surface area (Å²) in [5.41, 5.74) is 2.11. The third kappa shape index (κ3) is 2.75. The zero-order chi connectivity index (χ0) is 12.3. The molecule has 2 rings (SSSR count). The number of rotatable bonds is 3. The molecule has 0 aliphatic heterocycles. The fraction of sp³-hybridized carbons (Fsp3) is 0.214. The number of carbonyl (C=O) groups excluding carboxylic acids is 1. The molecule has 2 N–H and O–H groups in total. The van der Waals surface area contributed by atoms with Crippen LogP contribution in [0.2, 0.25) is 0 Å². The van der Waals surface area contributed by atoms with E-state index in [9.17, 15) is 4.79 Å². The third-order valence-corrected chi connectivity index (χ3v) is 2.47. The van der Waals surface area contributed by atoms with E-state index in [0.717, 1.165) is 16.5 Å². The smallest absolute Gasteiger partial charge is 0.244 e. The molecule has 0 aliphatic carbocycles. The summed E-state index contributed by atoms with van der Waals surface area (Å²) in [6.07, 6.45) is 5.30. The van der Waals surface area contributed by atoms with Gasteiger partial charge in [-0.3, -0.25) is 4.79 Å². The minimum atomic E-state index is -0.0646. The third-order valence-electron chi connectivity index (χ3n) is 2.47. The maximum absolute atomic E-state index is 11.5. The first-order valence-corrected chi connectivity index (χ1v) is 5.71. The molecule has 0 aliphatic rings. The van der Waals surface area contributed by atoms with Crippen molar-refractivity contribution in [1.82, 2.24) is 10.3 Å². The second kappa shape index (κ2) is 4.87. The number of aromatic nitrogens is 1. The van der Waals surface area contributed by atoms with Crippen LogP contribution in [0.15, 0.2) is 36.5 Å². The van der Waals surface area contributed by atoms with E-state index in [-0.39, 0.29) is 11.9 Å². The van der Waals surface area contributed by atoms with Crippen molar-refractivity contribution >= 4 is 22.9 Å². The fourth-order valence-electron chi connectivity index (χ4n) is 1.73. The molecule has 0 atom stereocenters. The van der Waals surface area contributed by atoms with Crippen LogP contribution in [0.25, 0.3) is 17.0 Å². The number of benzene rings is 1. The summed E-state index contributed by atoms with van der Waals surface area (Å²) in [6, 6.07) is 8.18. The minimum Gasteiger partial charge on any atom is -0.361 e. The summed E-state index contributed by atoms with van der Waals surface area (Å²) in [7, 11) is 0. The number of hydrogen-bond donors (Lipinski definition) is 2. The highest BCUT2D eigenvalue weighted by Crippen LogP contribution is 2.18. The molecule has 1 aromatic carbocycles. The van der Waals surface area contributed by atoms with Gasteiger partial charge in [-0.15, -0.1) is 0 Å². The first kappa shape index (κ1) is 11.5. The van der Waals surface area contributed by atoms with Crippen molar-refractivity contribution in [2.75, 3.05) is 0 Å². The highest BCUT2D eigenvalue weighted by Gasteiger charge is 2.01. The standard InChI is InChI=1S/C14H16N2O/c1-10(2)16-14(17)8-7-11-9-15-13-6-4-3-5-12(11)13/h3-10,15H,1-2H3,(H,16,17). The summed E-state index contributed by atoms with van der Waals surface area (Å²) in [5, 5.41) is 3.94. The summed E-state index contributed by atoms with van der Waals surface area (Å²) in [4.78, 5) is 14.6. The summed E-state index contributed by atoms with van der Waals surface area (Å²) in [5.74, 6) is -0.0646. The van der Waals surface area contributed by atoms with E-state index >= 15 is 0 Å². The van der Waals surface area contributed by atoms with Gasteiger partial charge in [0.1, 0.15) is 0 Å². The number of H-pyrrole nitrogens is 1. The molecular weight excluding hydrogens is 212 g/mol. The van der Waals surface area contributed by atoms with Gasteiger partial charge in [0, 0.05) is 29.2 Å². The summed E-state index contributed by atoms with van der Waals surface area (Å²) >= 11 is 0. The number of hydrogen-bond acceptors (Lipinski definition) is 1. The average Bonchev–Trinajstić information content (AvgIpc) is 2.69. The van der Waals surface area contributed by atoms with Crippen LogP contribution >= 0.6 is 0 Å². The van der Waals surface area contributed by atoms with E-state index in [1.165, 1.54) is 0 Å². The van der Waals surface area contributed by atoms with Crippen LogP contribution in [0.5, 0.6) is 0 Å². The predicted molar refractivity (Wildman–Crippen MR) is 70.6 cm³/mol. The van der Waals surface area contributed by atoms with Crippen LogP contribution in [-0.4, -0.2) is 16.9 Å². The number of fused-ring (bicyclic) bond motifs is 1. The zero-order valence-electron chi connectivity index (χ0n) is 10.0. The van der Waals surface area contributed by atoms with Crippen LogP contribution in [-0.2, 0) is 4.79 Å². The Bertz CT molecular complexity index is 552. The molecule has 0 fully saturated rings. The molecule has 1 heterocycles. The lowest BCUT2D eigenvalue weighted by atomic mass is 10.1. The monoisotopic (exact) mass is 228 g/mol. The van der Waals surface area contributed by atoms with Crippen LogP contribution in [0, 0.1) is 0 Å². The molecule has 1 amide bonds. The van der Waals surface area contributed by atoms with Gasteiger partial charge >= 0.3 is 0 Å². The Balaban J connectivity index is 2.18. The maximum Gasteiger partial charge on any atom is 0.244 e. The molecule has 0 saturated heterocycles. The normalized spacial score (nSPS) is 11.5. The van der Waals surface area contributed by atoms with Crippen molar-refractivity contribution < 1.29 is 4.79 Å². The number of carbonyl (C=O) groups is 1. The van der Waals surface area contributed by atoms with E-state index in [2.05, 4.69) is 10.3 Å². The molecule has 0 spiro atoms. The Morgan fingerprint density at radius 2 is 2.12 bits per heavy atom. The lowest BCUT2D eigenvalue weighted by Crippen LogP contribution is -2.28. The number of amides is 1. The molecule has 0 radical (unpaired) electrons. The predicted octanol–water partition coefficient (Wildman–Crippen LogP) is 2.71. The SMILES string of the molecule is CC(C)NC(=O)C=Cc1c[nH]c2ccccc12. The maximum atomic E-state index is 11.5. The highest BCUT2D eigenvalue weighted by molar-refractivity contribution is 5.96. The Hall–Kier alpha value is -2.03. The van der Waals surface area contributed by atoms with Crippen LogP contribution < -0.4 is 5.32 Å². The van der Waals surface area contributed by atoms with Gasteiger partial charge in [0.25, 0.3) is 0 Å². The Morgan fingerprint density at radius 1 is 1.35 bits per heavy atom. The Labute approximate surface area is 101 Å². The zero-order valence-corrected chi connectivity index (χ0v) is 10.0. The van der Waals surface area contributed by atoms with Crippen molar-refractivity contribution in [2.24, 2.45) is 0 Å². The Morgan fingerprint density at radius 3 is 2.88 bits per heavy atom. The van der Waals surface area contributed by atoms with Gasteiger partial charge in [-0.1, -0.05) is 18.2 Å². The van der Waals surface area contributed by atoms with E-state index in [0.29, 0.717) is 0 Å². The molecule has 1 aromatic heterocycles. The summed E-state index contributed by atoms with van der Waals surface area (Å²) in [6.45, 7) is 3.88. The van der Waals surface area contributed by atoms with E-state index in [4.69, 9.17) is 0 Å². The molecule has 3 nitrogen and oxygen atoms in total. The second-order valence-corrected chi connectivity index (χ2v) is 4.29. The molecule has 2 aromatic rings. The molecule has 3 heteroatoms. The fourth-order valence-corrected chi connectivity index (χ4v) is 1.73. The summed E-state index contributed by atoms with van der Waals surface area (Å²) < 4.78 is 0. The number of para-hydroxylation sites is 1. The molecule has 0 bridgehead atoms. The molecule has 88 valence electrons. The van der Waals surface area contributed by atoms with Gasteiger partial charge in [0.2, 0.25) is 5.91 Å². The molecule has 0 unspecified atom stereocenters. The van der Waals surface area contributed by atoms with E-state index in [1.807, 2.05) is 50.4 Å². The van der Waals surface area contributed by atoms with Crippen LogP contribution in [0.4, 0.5) is 0 Å². The highest BCUT2D eigenvalue weighted by atomic mass is 16.1. The molecule has 0 saturated carbocycles. The van der Waals surface area contributed by atoms with Crippen molar-refractivity contribution in [1.29, 1.82) is 0 Å². The van der Waals surface area contributed by atoms with Crippen LogP contribution in [0.3, 0.4) is 0 Å². The number of aromatic amines is 1. The van der Waals surface area contributed by atoms with Gasteiger partial charge in [-0.05, 0) is 31.6 Å². The van der Waals surface area contributed by atoms with Crippen molar-refractivity contribution in [2.45, 2.75) is 19.9 Å². The van der Waals surface area contributed by atoms with Gasteiger partial charge in [-0.25, -0.2) is 0 Å². The van der Waals surface area contributed by atoms with Gasteiger partial charge < -0.3 is 10.3 Å². The van der Waals surface area contributed by atoms with Crippen LogP contribution in [0.1, 0.15) is 19.4 Å².